The van der Waals surface area contributed by atoms with Gasteiger partial charge in [-0.15, -0.1) is 0 Å². The second kappa shape index (κ2) is 7.95. The van der Waals surface area contributed by atoms with Crippen molar-refractivity contribution in [3.63, 3.8) is 0 Å². The molecule has 0 amide bonds. The van der Waals surface area contributed by atoms with Crippen molar-refractivity contribution in [2.45, 2.75) is 0 Å². The van der Waals surface area contributed by atoms with E-state index in [9.17, 15) is 19.8 Å². The summed E-state index contributed by atoms with van der Waals surface area (Å²) >= 11 is 10.9. The van der Waals surface area contributed by atoms with E-state index in [1.54, 1.807) is 0 Å². The van der Waals surface area contributed by atoms with Crippen molar-refractivity contribution in [2.24, 2.45) is 0 Å². The van der Waals surface area contributed by atoms with Crippen LogP contribution in [0.25, 0.3) is 0 Å². The number of aromatic carboxylic acids is 2. The van der Waals surface area contributed by atoms with E-state index < -0.39 is 11.9 Å². The van der Waals surface area contributed by atoms with Crippen LogP contribution in [0, 0.1) is 0 Å². The first-order valence-corrected chi connectivity index (χ1v) is 4.11. The zero-order chi connectivity index (χ0) is 10.9. The summed E-state index contributed by atoms with van der Waals surface area (Å²) in [6.07, 6.45) is 0. The van der Waals surface area contributed by atoms with Crippen molar-refractivity contribution >= 4 is 35.1 Å². The molecule has 0 aliphatic carbocycles. The number of carbonyl (C=O) groups excluding carboxylic acids is 2. The molecule has 4 nitrogen and oxygen atoms in total. The number of hydrogen-bond donors (Lipinski definition) is 0. The number of benzene rings is 1. The van der Waals surface area contributed by atoms with Gasteiger partial charge in [0.15, 0.2) is 0 Å². The fourth-order valence-corrected chi connectivity index (χ4v) is 1.34. The molecule has 16 heavy (non-hydrogen) atoms. The quantitative estimate of drug-likeness (QED) is 0.504. The van der Waals surface area contributed by atoms with Crippen LogP contribution in [0.15, 0.2) is 12.1 Å². The molecule has 0 spiro atoms. The maximum atomic E-state index is 10.4. The monoisotopic (exact) mass is 278 g/mol. The van der Waals surface area contributed by atoms with E-state index in [0.29, 0.717) is 0 Å². The molecule has 0 N–H and O–H groups in total. The van der Waals surface area contributed by atoms with Gasteiger partial charge in [-0.3, -0.25) is 0 Å². The van der Waals surface area contributed by atoms with Gasteiger partial charge in [-0.25, -0.2) is 0 Å². The molecule has 0 radical (unpaired) electrons. The predicted octanol–water partition coefficient (Wildman–Crippen LogP) is -6.27. The number of hydrogen-bond acceptors (Lipinski definition) is 4. The van der Waals surface area contributed by atoms with Gasteiger partial charge >= 0.3 is 59.1 Å². The average molecular weight is 279 g/mol. The van der Waals surface area contributed by atoms with Crippen LogP contribution in [0.4, 0.5) is 0 Å². The van der Waals surface area contributed by atoms with E-state index in [-0.39, 0.29) is 80.3 Å². The second-order valence-corrected chi connectivity index (χ2v) is 3.20. The third-order valence-corrected chi connectivity index (χ3v) is 2.12. The Hall–Kier alpha value is 0.740. The summed E-state index contributed by atoms with van der Waals surface area (Å²) in [5, 5.41) is 20.4. The zero-order valence-corrected chi connectivity index (χ0v) is 14.1. The standard InChI is InChI=1S/C8H4Cl2O4.2Na/c9-5-1-3(7(11)12)6(10)2-4(5)8(13)14;;/h1-2H,(H,11,12)(H,13,14);;/q;2*+1/p-2. The Labute approximate surface area is 146 Å². The van der Waals surface area contributed by atoms with Crippen molar-refractivity contribution in [1.29, 1.82) is 0 Å². The van der Waals surface area contributed by atoms with Gasteiger partial charge in [-0.1, -0.05) is 23.2 Å². The summed E-state index contributed by atoms with van der Waals surface area (Å²) in [7, 11) is 0. The minimum absolute atomic E-state index is 0. The van der Waals surface area contributed by atoms with Crippen LogP contribution in [0.5, 0.6) is 0 Å². The van der Waals surface area contributed by atoms with Crippen molar-refractivity contribution in [3.8, 4) is 0 Å². The van der Waals surface area contributed by atoms with Crippen LogP contribution in [0.2, 0.25) is 10.0 Å². The molecule has 0 saturated carbocycles. The third-order valence-electron chi connectivity index (χ3n) is 1.50. The maximum Gasteiger partial charge on any atom is 1.00 e. The summed E-state index contributed by atoms with van der Waals surface area (Å²) in [4.78, 5) is 20.9. The molecular formula is C8H2Cl2Na2O4. The third kappa shape index (κ3) is 4.55. The molecule has 1 aromatic rings. The summed E-state index contributed by atoms with van der Waals surface area (Å²) < 4.78 is 0. The molecule has 0 saturated heterocycles. The molecule has 1 aromatic carbocycles. The number of rotatable bonds is 2. The van der Waals surface area contributed by atoms with Crippen LogP contribution in [-0.2, 0) is 0 Å². The van der Waals surface area contributed by atoms with Crippen LogP contribution < -0.4 is 69.3 Å². The van der Waals surface area contributed by atoms with Crippen molar-refractivity contribution in [1.82, 2.24) is 0 Å². The minimum atomic E-state index is -1.53. The van der Waals surface area contributed by atoms with Gasteiger partial charge in [0.1, 0.15) is 0 Å². The fourth-order valence-electron chi connectivity index (χ4n) is 0.860. The summed E-state index contributed by atoms with van der Waals surface area (Å²) in [6, 6.07) is 1.81. The van der Waals surface area contributed by atoms with Gasteiger partial charge in [0.05, 0.1) is 22.0 Å². The van der Waals surface area contributed by atoms with E-state index in [1.165, 1.54) is 0 Å². The Kier molecular flexibility index (Phi) is 9.48. The largest absolute Gasteiger partial charge is 1.00 e. The summed E-state index contributed by atoms with van der Waals surface area (Å²) in [5.41, 5.74) is -0.719. The molecule has 0 aliphatic heterocycles. The second-order valence-electron chi connectivity index (χ2n) is 2.39. The average Bonchev–Trinajstić information content (AvgIpc) is 2.07. The molecule has 0 aromatic heterocycles. The zero-order valence-electron chi connectivity index (χ0n) is 8.54. The first kappa shape index (κ1) is 19.1. The van der Waals surface area contributed by atoms with Crippen LogP contribution in [-0.4, -0.2) is 11.9 Å². The van der Waals surface area contributed by atoms with Crippen LogP contribution in [0.3, 0.4) is 0 Å². The van der Waals surface area contributed by atoms with Crippen LogP contribution in [0.1, 0.15) is 20.7 Å². The maximum absolute atomic E-state index is 10.4. The Bertz CT molecular complexity index is 383. The van der Waals surface area contributed by atoms with Crippen molar-refractivity contribution < 1.29 is 78.9 Å². The molecule has 8 heteroatoms. The van der Waals surface area contributed by atoms with Gasteiger partial charge in [-0.2, -0.15) is 0 Å². The smallest absolute Gasteiger partial charge is 0.545 e. The molecule has 0 atom stereocenters. The predicted molar refractivity (Wildman–Crippen MR) is 45.1 cm³/mol. The molecule has 1 rings (SSSR count). The molecule has 0 fully saturated rings. The minimum Gasteiger partial charge on any atom is -0.545 e. The molecule has 0 unspecified atom stereocenters. The molecule has 0 bridgehead atoms. The van der Waals surface area contributed by atoms with E-state index in [0.717, 1.165) is 12.1 Å². The SMILES string of the molecule is O=C([O-])c1cc(Cl)c(C(=O)[O-])cc1Cl.[Na+].[Na+]. The molecule has 0 heterocycles. The molecule has 74 valence electrons. The van der Waals surface area contributed by atoms with Crippen molar-refractivity contribution in [2.75, 3.05) is 0 Å². The Balaban J connectivity index is 0. The van der Waals surface area contributed by atoms with Gasteiger partial charge in [-0.05, 0) is 12.1 Å². The molecular weight excluding hydrogens is 277 g/mol. The number of carboxylic acids is 2. The van der Waals surface area contributed by atoms with E-state index in [4.69, 9.17) is 23.2 Å². The van der Waals surface area contributed by atoms with Gasteiger partial charge in [0, 0.05) is 11.1 Å². The molecule has 0 aliphatic rings. The van der Waals surface area contributed by atoms with Crippen LogP contribution >= 0.6 is 23.2 Å². The van der Waals surface area contributed by atoms with E-state index in [1.807, 2.05) is 0 Å². The number of halogens is 2. The van der Waals surface area contributed by atoms with E-state index in [2.05, 4.69) is 0 Å². The first-order valence-electron chi connectivity index (χ1n) is 3.35. The summed E-state index contributed by atoms with van der Waals surface area (Å²) in [5.74, 6) is -3.05. The Morgan fingerprint density at radius 1 is 0.875 bits per heavy atom. The Morgan fingerprint density at radius 2 is 1.12 bits per heavy atom. The normalized spacial score (nSPS) is 8.62. The number of carboxylic acid groups (broad SMARTS) is 2. The van der Waals surface area contributed by atoms with E-state index >= 15 is 0 Å². The fraction of sp³-hybridized carbons (Fsp3) is 0. The number of carbonyl (C=O) groups is 2. The van der Waals surface area contributed by atoms with Gasteiger partial charge in [0.25, 0.3) is 0 Å². The van der Waals surface area contributed by atoms with Gasteiger partial charge in [0.2, 0.25) is 0 Å². The van der Waals surface area contributed by atoms with Crippen molar-refractivity contribution in [3.05, 3.63) is 33.3 Å². The van der Waals surface area contributed by atoms with Gasteiger partial charge < -0.3 is 19.8 Å². The first-order chi connectivity index (χ1) is 6.43. The topological polar surface area (TPSA) is 80.3 Å². The Morgan fingerprint density at radius 3 is 1.31 bits per heavy atom. The summed E-state index contributed by atoms with van der Waals surface area (Å²) in [6.45, 7) is 0.